The van der Waals surface area contributed by atoms with E-state index in [9.17, 15) is 4.39 Å². The van der Waals surface area contributed by atoms with Crippen LogP contribution < -0.4 is 5.32 Å². The SMILES string of the molecule is CC(C)(C)NCCc1nnc(Cc2ccc(F)cc2)s1. The molecule has 0 aliphatic rings. The number of halogens is 1. The summed E-state index contributed by atoms with van der Waals surface area (Å²) in [6.07, 6.45) is 1.60. The normalized spacial score (nSPS) is 11.8. The Balaban J connectivity index is 1.87. The Morgan fingerprint density at radius 1 is 1.10 bits per heavy atom. The Morgan fingerprint density at radius 3 is 2.40 bits per heavy atom. The topological polar surface area (TPSA) is 37.8 Å². The number of hydrogen-bond donors (Lipinski definition) is 1. The van der Waals surface area contributed by atoms with Crippen LogP contribution in [0.5, 0.6) is 0 Å². The van der Waals surface area contributed by atoms with Crippen LogP contribution in [0, 0.1) is 5.82 Å². The molecule has 0 atom stereocenters. The van der Waals surface area contributed by atoms with E-state index in [0.29, 0.717) is 6.42 Å². The van der Waals surface area contributed by atoms with Crippen LogP contribution in [0.3, 0.4) is 0 Å². The Hall–Kier alpha value is -1.33. The maximum atomic E-state index is 12.8. The number of hydrogen-bond acceptors (Lipinski definition) is 4. The molecule has 2 aromatic rings. The first-order valence-electron chi connectivity index (χ1n) is 6.73. The molecular formula is C15H20FN3S. The number of nitrogens with zero attached hydrogens (tertiary/aromatic N) is 2. The zero-order chi connectivity index (χ0) is 14.6. The molecule has 2 rings (SSSR count). The molecule has 0 aliphatic carbocycles. The van der Waals surface area contributed by atoms with Crippen LogP contribution in [-0.4, -0.2) is 22.3 Å². The van der Waals surface area contributed by atoms with Gasteiger partial charge in [-0.05, 0) is 38.5 Å². The van der Waals surface area contributed by atoms with Crippen molar-refractivity contribution in [3.8, 4) is 0 Å². The molecule has 0 aliphatic heterocycles. The van der Waals surface area contributed by atoms with E-state index in [2.05, 4.69) is 36.3 Å². The van der Waals surface area contributed by atoms with Gasteiger partial charge in [-0.1, -0.05) is 12.1 Å². The zero-order valence-corrected chi connectivity index (χ0v) is 12.9. The van der Waals surface area contributed by atoms with Gasteiger partial charge in [-0.2, -0.15) is 0 Å². The first-order chi connectivity index (χ1) is 9.42. The first kappa shape index (κ1) is 15.1. The lowest BCUT2D eigenvalue weighted by Gasteiger charge is -2.19. The predicted molar refractivity (Wildman–Crippen MR) is 80.6 cm³/mol. The zero-order valence-electron chi connectivity index (χ0n) is 12.1. The van der Waals surface area contributed by atoms with Crippen molar-refractivity contribution >= 4 is 11.3 Å². The highest BCUT2D eigenvalue weighted by Crippen LogP contribution is 2.15. The van der Waals surface area contributed by atoms with Crippen LogP contribution in [0.1, 0.15) is 36.3 Å². The number of nitrogens with one attached hydrogen (secondary N) is 1. The van der Waals surface area contributed by atoms with Gasteiger partial charge < -0.3 is 5.32 Å². The summed E-state index contributed by atoms with van der Waals surface area (Å²) in [7, 11) is 0. The van der Waals surface area contributed by atoms with Crippen molar-refractivity contribution in [3.05, 3.63) is 45.7 Å². The van der Waals surface area contributed by atoms with E-state index in [1.807, 2.05) is 0 Å². The average Bonchev–Trinajstić information content (AvgIpc) is 2.78. The molecule has 0 saturated carbocycles. The Kier molecular flexibility index (Phi) is 4.83. The molecule has 0 saturated heterocycles. The molecule has 0 unspecified atom stereocenters. The van der Waals surface area contributed by atoms with Crippen molar-refractivity contribution < 1.29 is 4.39 Å². The molecular weight excluding hydrogens is 273 g/mol. The molecule has 108 valence electrons. The summed E-state index contributed by atoms with van der Waals surface area (Å²) >= 11 is 1.63. The summed E-state index contributed by atoms with van der Waals surface area (Å²) in [5.74, 6) is -0.208. The van der Waals surface area contributed by atoms with Crippen molar-refractivity contribution in [2.75, 3.05) is 6.54 Å². The molecule has 0 spiro atoms. The lowest BCUT2D eigenvalue weighted by molar-refractivity contribution is 0.429. The first-order valence-corrected chi connectivity index (χ1v) is 7.55. The van der Waals surface area contributed by atoms with Crippen molar-refractivity contribution in [1.29, 1.82) is 0 Å². The van der Waals surface area contributed by atoms with E-state index < -0.39 is 0 Å². The van der Waals surface area contributed by atoms with E-state index in [-0.39, 0.29) is 11.4 Å². The highest BCUT2D eigenvalue weighted by Gasteiger charge is 2.10. The molecule has 1 N–H and O–H groups in total. The third-order valence-electron chi connectivity index (χ3n) is 2.77. The molecule has 1 heterocycles. The van der Waals surface area contributed by atoms with Gasteiger partial charge in [0, 0.05) is 24.9 Å². The van der Waals surface area contributed by atoms with E-state index in [1.54, 1.807) is 23.5 Å². The standard InChI is InChI=1S/C15H20FN3S/c1-15(2,3)17-9-8-13-18-19-14(20-13)10-11-4-6-12(16)7-5-11/h4-7,17H,8-10H2,1-3H3. The smallest absolute Gasteiger partial charge is 0.123 e. The average molecular weight is 293 g/mol. The van der Waals surface area contributed by atoms with E-state index in [0.717, 1.165) is 28.5 Å². The van der Waals surface area contributed by atoms with Crippen molar-refractivity contribution in [2.24, 2.45) is 0 Å². The highest BCUT2D eigenvalue weighted by molar-refractivity contribution is 7.11. The van der Waals surface area contributed by atoms with Crippen LogP contribution in [-0.2, 0) is 12.8 Å². The lowest BCUT2D eigenvalue weighted by atomic mass is 10.1. The monoisotopic (exact) mass is 293 g/mol. The fraction of sp³-hybridized carbons (Fsp3) is 0.467. The van der Waals surface area contributed by atoms with Gasteiger partial charge in [0.15, 0.2) is 0 Å². The fourth-order valence-electron chi connectivity index (χ4n) is 1.78. The number of rotatable bonds is 5. The minimum Gasteiger partial charge on any atom is -0.312 e. The second-order valence-electron chi connectivity index (χ2n) is 5.82. The highest BCUT2D eigenvalue weighted by atomic mass is 32.1. The van der Waals surface area contributed by atoms with Crippen molar-refractivity contribution in [2.45, 2.75) is 39.2 Å². The summed E-state index contributed by atoms with van der Waals surface area (Å²) in [6.45, 7) is 7.34. The van der Waals surface area contributed by atoms with Gasteiger partial charge >= 0.3 is 0 Å². The molecule has 0 bridgehead atoms. The van der Waals surface area contributed by atoms with Gasteiger partial charge in [-0.3, -0.25) is 0 Å². The molecule has 0 amide bonds. The van der Waals surface area contributed by atoms with Gasteiger partial charge in [-0.25, -0.2) is 4.39 Å². The number of benzene rings is 1. The molecule has 0 fully saturated rings. The lowest BCUT2D eigenvalue weighted by Crippen LogP contribution is -2.37. The maximum Gasteiger partial charge on any atom is 0.123 e. The van der Waals surface area contributed by atoms with Crippen LogP contribution in [0.4, 0.5) is 4.39 Å². The summed E-state index contributed by atoms with van der Waals surface area (Å²) < 4.78 is 12.8. The van der Waals surface area contributed by atoms with Crippen molar-refractivity contribution in [3.63, 3.8) is 0 Å². The Labute approximate surface area is 123 Å². The maximum absolute atomic E-state index is 12.8. The molecule has 5 heteroatoms. The third-order valence-corrected chi connectivity index (χ3v) is 3.75. The Bertz CT molecular complexity index is 543. The molecule has 1 aromatic carbocycles. The molecule has 3 nitrogen and oxygen atoms in total. The molecule has 1 aromatic heterocycles. The Morgan fingerprint density at radius 2 is 1.75 bits per heavy atom. The summed E-state index contributed by atoms with van der Waals surface area (Å²) in [6, 6.07) is 6.53. The third kappa shape index (κ3) is 4.98. The largest absolute Gasteiger partial charge is 0.312 e. The summed E-state index contributed by atoms with van der Waals surface area (Å²) in [4.78, 5) is 0. The fourth-order valence-corrected chi connectivity index (χ4v) is 2.66. The quantitative estimate of drug-likeness (QED) is 0.920. The van der Waals surface area contributed by atoms with Gasteiger partial charge in [0.2, 0.25) is 0 Å². The van der Waals surface area contributed by atoms with Crippen LogP contribution in [0.2, 0.25) is 0 Å². The number of aromatic nitrogens is 2. The minimum absolute atomic E-state index is 0.127. The summed E-state index contributed by atoms with van der Waals surface area (Å²) in [5.41, 5.74) is 1.18. The molecule has 0 radical (unpaired) electrons. The van der Waals surface area contributed by atoms with Crippen molar-refractivity contribution in [1.82, 2.24) is 15.5 Å². The van der Waals surface area contributed by atoms with Gasteiger partial charge in [0.25, 0.3) is 0 Å². The van der Waals surface area contributed by atoms with E-state index in [1.165, 1.54) is 12.1 Å². The predicted octanol–water partition coefficient (Wildman–Crippen LogP) is 3.20. The van der Waals surface area contributed by atoms with Gasteiger partial charge in [-0.15, -0.1) is 21.5 Å². The second kappa shape index (κ2) is 6.41. The van der Waals surface area contributed by atoms with Crippen LogP contribution in [0.15, 0.2) is 24.3 Å². The van der Waals surface area contributed by atoms with Crippen LogP contribution in [0.25, 0.3) is 0 Å². The second-order valence-corrected chi connectivity index (χ2v) is 6.97. The van der Waals surface area contributed by atoms with Gasteiger partial charge in [0.1, 0.15) is 15.8 Å². The van der Waals surface area contributed by atoms with E-state index >= 15 is 0 Å². The summed E-state index contributed by atoms with van der Waals surface area (Å²) in [5, 5.41) is 13.8. The van der Waals surface area contributed by atoms with Gasteiger partial charge in [0.05, 0.1) is 0 Å². The molecule has 20 heavy (non-hydrogen) atoms. The van der Waals surface area contributed by atoms with Crippen LogP contribution >= 0.6 is 11.3 Å². The van der Waals surface area contributed by atoms with E-state index in [4.69, 9.17) is 0 Å². The minimum atomic E-state index is -0.208.